The van der Waals surface area contributed by atoms with Gasteiger partial charge in [-0.25, -0.2) is 4.79 Å². The van der Waals surface area contributed by atoms with Crippen LogP contribution in [-0.4, -0.2) is 26.6 Å². The molecule has 0 saturated carbocycles. The van der Waals surface area contributed by atoms with Crippen LogP contribution in [0.4, 0.5) is 5.69 Å². The van der Waals surface area contributed by atoms with Crippen LogP contribution in [0.1, 0.15) is 22.6 Å². The first-order chi connectivity index (χ1) is 13.3. The molecule has 0 fully saturated rings. The van der Waals surface area contributed by atoms with Crippen molar-refractivity contribution >= 4 is 17.8 Å². The van der Waals surface area contributed by atoms with Gasteiger partial charge in [-0.1, -0.05) is 6.08 Å². The normalized spacial score (nSPS) is 11.1. The zero-order valence-corrected chi connectivity index (χ0v) is 15.5. The van der Waals surface area contributed by atoms with Crippen LogP contribution >= 0.6 is 0 Å². The minimum atomic E-state index is -1.04. The summed E-state index contributed by atoms with van der Waals surface area (Å²) in [5.41, 5.74) is 0.864. The number of hydrogen-bond acceptors (Lipinski definition) is 5. The number of nitro groups is 1. The van der Waals surface area contributed by atoms with Crippen LogP contribution in [-0.2, 0) is 0 Å². The van der Waals surface area contributed by atoms with Gasteiger partial charge in [-0.05, 0) is 55.8 Å². The third-order valence-electron chi connectivity index (χ3n) is 4.36. The molecule has 2 N–H and O–H groups in total. The van der Waals surface area contributed by atoms with Crippen molar-refractivity contribution in [3.05, 3.63) is 83.9 Å². The number of H-pyrrole nitrogens is 2. The van der Waals surface area contributed by atoms with E-state index in [9.17, 15) is 19.7 Å². The molecule has 1 aromatic carbocycles. The fraction of sp³-hybridized carbons (Fsp3) is 0.158. The Balaban J connectivity index is 2.04. The molecule has 0 radical (unpaired) electrons. The maximum atomic E-state index is 11.7. The molecule has 0 amide bonds. The van der Waals surface area contributed by atoms with E-state index in [1.807, 2.05) is 53.7 Å². The van der Waals surface area contributed by atoms with Crippen molar-refractivity contribution in [2.75, 3.05) is 7.11 Å². The molecule has 0 bridgehead atoms. The third kappa shape index (κ3) is 3.50. The molecule has 3 aromatic rings. The molecule has 3 rings (SSSR count). The van der Waals surface area contributed by atoms with E-state index in [0.29, 0.717) is 0 Å². The average molecular weight is 382 g/mol. The number of aryl methyl sites for hydroxylation is 1. The molecule has 0 unspecified atom stereocenters. The van der Waals surface area contributed by atoms with Gasteiger partial charge in [-0.15, -0.1) is 0 Å². The van der Waals surface area contributed by atoms with Crippen molar-refractivity contribution in [2.45, 2.75) is 13.8 Å². The van der Waals surface area contributed by atoms with E-state index in [2.05, 4.69) is 4.98 Å². The van der Waals surface area contributed by atoms with Gasteiger partial charge in [0.1, 0.15) is 11.4 Å². The van der Waals surface area contributed by atoms with Gasteiger partial charge < -0.3 is 14.3 Å². The highest BCUT2D eigenvalue weighted by atomic mass is 16.6. The van der Waals surface area contributed by atoms with E-state index in [1.165, 1.54) is 6.08 Å². The summed E-state index contributed by atoms with van der Waals surface area (Å²) in [6, 6.07) is 9.46. The standard InChI is InChI=1S/C19H18N4O5/c1-11-10-13(12(2)22(11)14-5-7-15(28-3)8-6-14)4-9-16-17(23(26)27)18(24)21-19(25)20-16/h4-10H,1-3H3,(H2,20,21,24,25)/b9-4+. The Morgan fingerprint density at radius 1 is 1.11 bits per heavy atom. The molecule has 2 heterocycles. The lowest BCUT2D eigenvalue weighted by Gasteiger charge is -2.10. The van der Waals surface area contributed by atoms with Crippen molar-refractivity contribution in [1.82, 2.24) is 14.5 Å². The van der Waals surface area contributed by atoms with E-state index < -0.39 is 21.9 Å². The predicted octanol–water partition coefficient (Wildman–Crippen LogP) is 2.56. The van der Waals surface area contributed by atoms with Crippen LogP contribution < -0.4 is 16.0 Å². The molecule has 144 valence electrons. The maximum Gasteiger partial charge on any atom is 0.357 e. The number of nitrogens with one attached hydrogen (secondary N) is 2. The van der Waals surface area contributed by atoms with Crippen molar-refractivity contribution in [3.63, 3.8) is 0 Å². The number of rotatable bonds is 5. The van der Waals surface area contributed by atoms with Crippen LogP contribution in [0.2, 0.25) is 0 Å². The van der Waals surface area contributed by atoms with E-state index in [4.69, 9.17) is 4.74 Å². The Bertz CT molecular complexity index is 1180. The first kappa shape index (κ1) is 18.9. The number of hydrogen-bond donors (Lipinski definition) is 2. The molecule has 9 nitrogen and oxygen atoms in total. The fourth-order valence-corrected chi connectivity index (χ4v) is 3.06. The highest BCUT2D eigenvalue weighted by molar-refractivity contribution is 5.73. The number of nitrogens with zero attached hydrogens (tertiary/aromatic N) is 2. The lowest BCUT2D eigenvalue weighted by atomic mass is 10.2. The molecule has 0 aliphatic rings. The summed E-state index contributed by atoms with van der Waals surface area (Å²) in [5.74, 6) is 0.747. The highest BCUT2D eigenvalue weighted by Gasteiger charge is 2.19. The molecule has 0 aliphatic heterocycles. The lowest BCUT2D eigenvalue weighted by molar-refractivity contribution is -0.386. The van der Waals surface area contributed by atoms with Crippen LogP contribution in [0, 0.1) is 24.0 Å². The van der Waals surface area contributed by atoms with Gasteiger partial charge in [0, 0.05) is 17.1 Å². The Hall–Kier alpha value is -3.88. The molecule has 9 heteroatoms. The van der Waals surface area contributed by atoms with E-state index >= 15 is 0 Å². The van der Waals surface area contributed by atoms with Crippen LogP contribution in [0.15, 0.2) is 39.9 Å². The summed E-state index contributed by atoms with van der Waals surface area (Å²) < 4.78 is 7.20. The lowest BCUT2D eigenvalue weighted by Crippen LogP contribution is -2.25. The van der Waals surface area contributed by atoms with Gasteiger partial charge in [0.15, 0.2) is 0 Å². The molecule has 0 spiro atoms. The van der Waals surface area contributed by atoms with Crippen LogP contribution in [0.5, 0.6) is 5.75 Å². The second-order valence-corrected chi connectivity index (χ2v) is 6.12. The molecule has 0 saturated heterocycles. The summed E-state index contributed by atoms with van der Waals surface area (Å²) in [5, 5.41) is 11.1. The number of methoxy groups -OCH3 is 1. The topological polar surface area (TPSA) is 123 Å². The van der Waals surface area contributed by atoms with E-state index in [0.717, 1.165) is 28.4 Å². The minimum absolute atomic E-state index is 0.159. The smallest absolute Gasteiger partial charge is 0.357 e. The maximum absolute atomic E-state index is 11.7. The van der Waals surface area contributed by atoms with E-state index in [-0.39, 0.29) is 5.69 Å². The average Bonchev–Trinajstić information content (AvgIpc) is 2.92. The second kappa shape index (κ2) is 7.39. The molecule has 28 heavy (non-hydrogen) atoms. The largest absolute Gasteiger partial charge is 0.497 e. The molecule has 0 aliphatic carbocycles. The van der Waals surface area contributed by atoms with Gasteiger partial charge in [-0.3, -0.25) is 19.9 Å². The fourth-order valence-electron chi connectivity index (χ4n) is 3.06. The molecular formula is C19H18N4O5. The number of aromatic amines is 2. The summed E-state index contributed by atoms with van der Waals surface area (Å²) in [7, 11) is 1.60. The Labute approximate surface area is 159 Å². The number of ether oxygens (including phenoxy) is 1. The van der Waals surface area contributed by atoms with Gasteiger partial charge in [-0.2, -0.15) is 0 Å². The summed E-state index contributed by atoms with van der Waals surface area (Å²) in [6.07, 6.45) is 2.98. The Morgan fingerprint density at radius 3 is 2.39 bits per heavy atom. The predicted molar refractivity (Wildman–Crippen MR) is 105 cm³/mol. The van der Waals surface area contributed by atoms with Crippen LogP contribution in [0.25, 0.3) is 17.8 Å². The first-order valence-electron chi connectivity index (χ1n) is 8.34. The van der Waals surface area contributed by atoms with Gasteiger partial charge in [0.05, 0.1) is 12.0 Å². The molecule has 2 aromatic heterocycles. The zero-order valence-electron chi connectivity index (χ0n) is 15.5. The van der Waals surface area contributed by atoms with Gasteiger partial charge in [0.2, 0.25) is 0 Å². The SMILES string of the molecule is COc1ccc(-n2c(C)cc(/C=C/c3[nH]c(=O)[nH]c(=O)c3[N+](=O)[O-])c2C)cc1. The number of aromatic nitrogens is 3. The van der Waals surface area contributed by atoms with Crippen molar-refractivity contribution in [3.8, 4) is 11.4 Å². The summed E-state index contributed by atoms with van der Waals surface area (Å²) in [6.45, 7) is 3.85. The molecular weight excluding hydrogens is 364 g/mol. The second-order valence-electron chi connectivity index (χ2n) is 6.12. The van der Waals surface area contributed by atoms with Crippen LogP contribution in [0.3, 0.4) is 0 Å². The van der Waals surface area contributed by atoms with Crippen molar-refractivity contribution in [2.24, 2.45) is 0 Å². The molecule has 0 atom stereocenters. The van der Waals surface area contributed by atoms with Gasteiger partial charge >= 0.3 is 16.9 Å². The van der Waals surface area contributed by atoms with Crippen molar-refractivity contribution in [1.29, 1.82) is 0 Å². The highest BCUT2D eigenvalue weighted by Crippen LogP contribution is 2.24. The Kier molecular flexibility index (Phi) is 4.99. The Morgan fingerprint density at radius 2 is 1.79 bits per heavy atom. The van der Waals surface area contributed by atoms with E-state index in [1.54, 1.807) is 13.2 Å². The minimum Gasteiger partial charge on any atom is -0.497 e. The monoisotopic (exact) mass is 382 g/mol. The quantitative estimate of drug-likeness (QED) is 0.518. The van der Waals surface area contributed by atoms with Crippen molar-refractivity contribution < 1.29 is 9.66 Å². The summed E-state index contributed by atoms with van der Waals surface area (Å²) in [4.78, 5) is 37.7. The van der Waals surface area contributed by atoms with Gasteiger partial charge in [0.25, 0.3) is 0 Å². The first-order valence-corrected chi connectivity index (χ1v) is 8.34. The summed E-state index contributed by atoms with van der Waals surface area (Å²) >= 11 is 0. The number of benzene rings is 1. The zero-order chi connectivity index (χ0) is 20.4. The third-order valence-corrected chi connectivity index (χ3v) is 4.36.